The highest BCUT2D eigenvalue weighted by atomic mass is 19.1. The van der Waals surface area contributed by atoms with Gasteiger partial charge in [0.05, 0.1) is 0 Å². The van der Waals surface area contributed by atoms with Gasteiger partial charge in [0.25, 0.3) is 0 Å². The van der Waals surface area contributed by atoms with E-state index >= 15 is 0 Å². The normalized spacial score (nSPS) is 16.8. The number of hydrogen-bond acceptors (Lipinski definition) is 0. The zero-order valence-corrected chi connectivity index (χ0v) is 7.15. The van der Waals surface area contributed by atoms with Crippen LogP contribution in [0.25, 0.3) is 0 Å². The van der Waals surface area contributed by atoms with E-state index in [-0.39, 0.29) is 5.82 Å². The zero-order valence-electron chi connectivity index (χ0n) is 7.15. The molecule has 0 aliphatic heterocycles. The summed E-state index contributed by atoms with van der Waals surface area (Å²) in [5.74, 6) is -0.00519. The Morgan fingerprint density at radius 1 is 1.00 bits per heavy atom. The first-order chi connectivity index (χ1) is 5.88. The van der Waals surface area contributed by atoms with E-state index in [0.29, 0.717) is 0 Å². The molecule has 0 N–H and O–H groups in total. The Morgan fingerprint density at radius 3 is 2.75 bits per heavy atom. The van der Waals surface area contributed by atoms with Gasteiger partial charge in [-0.1, -0.05) is 18.6 Å². The van der Waals surface area contributed by atoms with Gasteiger partial charge in [-0.15, -0.1) is 0 Å². The summed E-state index contributed by atoms with van der Waals surface area (Å²) in [5, 5.41) is 0. The van der Waals surface area contributed by atoms with Gasteiger partial charge in [0.1, 0.15) is 5.82 Å². The summed E-state index contributed by atoms with van der Waals surface area (Å²) in [7, 11) is 0. The fraction of sp³-hybridized carbons (Fsp3) is 0.455. The fourth-order valence-electron chi connectivity index (χ4n) is 1.91. The van der Waals surface area contributed by atoms with Gasteiger partial charge in [-0.25, -0.2) is 4.39 Å². The lowest BCUT2D eigenvalue weighted by Crippen LogP contribution is -1.94. The number of fused-ring (bicyclic) bond motifs is 1. The van der Waals surface area contributed by atoms with Crippen LogP contribution in [-0.4, -0.2) is 0 Å². The molecule has 0 aromatic heterocycles. The summed E-state index contributed by atoms with van der Waals surface area (Å²) < 4.78 is 13.3. The van der Waals surface area contributed by atoms with E-state index in [9.17, 15) is 4.39 Å². The van der Waals surface area contributed by atoms with Crippen molar-refractivity contribution in [2.24, 2.45) is 0 Å². The van der Waals surface area contributed by atoms with Crippen molar-refractivity contribution < 1.29 is 4.39 Å². The van der Waals surface area contributed by atoms with E-state index in [1.54, 1.807) is 6.07 Å². The van der Waals surface area contributed by atoms with Gasteiger partial charge in [0, 0.05) is 0 Å². The summed E-state index contributed by atoms with van der Waals surface area (Å²) >= 11 is 0. The van der Waals surface area contributed by atoms with E-state index in [4.69, 9.17) is 0 Å². The molecule has 64 valence electrons. The first-order valence-electron chi connectivity index (χ1n) is 4.64. The lowest BCUT2D eigenvalue weighted by molar-refractivity contribution is 0.604. The smallest absolute Gasteiger partial charge is 0.126 e. The molecular formula is C11H13F. The van der Waals surface area contributed by atoms with Crippen LogP contribution in [0.1, 0.15) is 30.4 Å². The van der Waals surface area contributed by atoms with E-state index in [0.717, 1.165) is 24.8 Å². The molecule has 12 heavy (non-hydrogen) atoms. The Labute approximate surface area is 72.4 Å². The highest BCUT2D eigenvalue weighted by Gasteiger charge is 2.10. The number of aryl methyl sites for hydroxylation is 1. The van der Waals surface area contributed by atoms with Gasteiger partial charge < -0.3 is 0 Å². The second kappa shape index (κ2) is 3.26. The van der Waals surface area contributed by atoms with Gasteiger partial charge >= 0.3 is 0 Å². The van der Waals surface area contributed by atoms with Crippen LogP contribution in [0.3, 0.4) is 0 Å². The second-order valence-corrected chi connectivity index (χ2v) is 3.44. The van der Waals surface area contributed by atoms with Crippen molar-refractivity contribution >= 4 is 0 Å². The first-order valence-corrected chi connectivity index (χ1v) is 4.64. The molecule has 1 aromatic carbocycles. The summed E-state index contributed by atoms with van der Waals surface area (Å²) in [6.07, 6.45) is 5.60. The maximum atomic E-state index is 13.3. The number of hydrogen-bond donors (Lipinski definition) is 0. The second-order valence-electron chi connectivity index (χ2n) is 3.44. The van der Waals surface area contributed by atoms with Crippen LogP contribution in [0.2, 0.25) is 0 Å². The average molecular weight is 164 g/mol. The molecule has 0 fully saturated rings. The molecule has 1 aromatic rings. The molecule has 0 nitrogen and oxygen atoms in total. The zero-order chi connectivity index (χ0) is 8.39. The van der Waals surface area contributed by atoms with Crippen LogP contribution in [0.15, 0.2) is 18.2 Å². The summed E-state index contributed by atoms with van der Waals surface area (Å²) in [4.78, 5) is 0. The van der Waals surface area contributed by atoms with Crippen molar-refractivity contribution in [3.05, 3.63) is 35.1 Å². The van der Waals surface area contributed by atoms with E-state index in [2.05, 4.69) is 6.07 Å². The molecule has 0 amide bonds. The molecule has 1 aliphatic carbocycles. The lowest BCUT2D eigenvalue weighted by atomic mass is 10.0. The van der Waals surface area contributed by atoms with Crippen molar-refractivity contribution in [1.29, 1.82) is 0 Å². The van der Waals surface area contributed by atoms with Crippen LogP contribution < -0.4 is 0 Å². The molecule has 0 radical (unpaired) electrons. The number of halogens is 1. The van der Waals surface area contributed by atoms with Crippen LogP contribution in [0.5, 0.6) is 0 Å². The highest BCUT2D eigenvalue weighted by molar-refractivity contribution is 5.29. The maximum absolute atomic E-state index is 13.3. The Morgan fingerprint density at radius 2 is 1.83 bits per heavy atom. The van der Waals surface area contributed by atoms with E-state index in [1.165, 1.54) is 18.4 Å². The third kappa shape index (κ3) is 1.36. The van der Waals surface area contributed by atoms with Crippen molar-refractivity contribution in [1.82, 2.24) is 0 Å². The molecule has 0 spiro atoms. The van der Waals surface area contributed by atoms with Gasteiger partial charge in [-0.05, 0) is 42.9 Å². The Bertz CT molecular complexity index is 278. The largest absolute Gasteiger partial charge is 0.207 e. The Balaban J connectivity index is 2.42. The van der Waals surface area contributed by atoms with Crippen LogP contribution >= 0.6 is 0 Å². The minimum atomic E-state index is -0.00519. The maximum Gasteiger partial charge on any atom is 0.126 e. The fourth-order valence-corrected chi connectivity index (χ4v) is 1.91. The van der Waals surface area contributed by atoms with Crippen molar-refractivity contribution in [3.63, 3.8) is 0 Å². The third-order valence-corrected chi connectivity index (χ3v) is 2.59. The predicted octanol–water partition coefficient (Wildman–Crippen LogP) is 3.09. The monoisotopic (exact) mass is 164 g/mol. The van der Waals surface area contributed by atoms with Gasteiger partial charge in [0.15, 0.2) is 0 Å². The van der Waals surface area contributed by atoms with Gasteiger partial charge in [0.2, 0.25) is 0 Å². The minimum Gasteiger partial charge on any atom is -0.207 e. The molecule has 0 bridgehead atoms. The summed E-state index contributed by atoms with van der Waals surface area (Å²) in [6, 6.07) is 5.45. The van der Waals surface area contributed by atoms with Crippen molar-refractivity contribution in [3.8, 4) is 0 Å². The van der Waals surface area contributed by atoms with Gasteiger partial charge in [-0.3, -0.25) is 0 Å². The standard InChI is InChI=1S/C11H13F/c12-11-8-4-6-9-5-2-1-3-7-10(9)11/h4,6,8H,1-3,5,7H2. The van der Waals surface area contributed by atoms with Crippen LogP contribution in [-0.2, 0) is 12.8 Å². The molecule has 0 unspecified atom stereocenters. The minimum absolute atomic E-state index is 0.00519. The molecule has 0 saturated heterocycles. The summed E-state index contributed by atoms with van der Waals surface area (Å²) in [5.41, 5.74) is 2.20. The molecule has 0 atom stereocenters. The molecule has 0 heterocycles. The molecular weight excluding hydrogens is 151 g/mol. The quantitative estimate of drug-likeness (QED) is 0.517. The lowest BCUT2D eigenvalue weighted by Gasteiger charge is -2.04. The van der Waals surface area contributed by atoms with E-state index in [1.807, 2.05) is 6.07 Å². The third-order valence-electron chi connectivity index (χ3n) is 2.59. The topological polar surface area (TPSA) is 0 Å². The van der Waals surface area contributed by atoms with Crippen molar-refractivity contribution in [2.45, 2.75) is 32.1 Å². The number of rotatable bonds is 0. The Kier molecular flexibility index (Phi) is 2.11. The van der Waals surface area contributed by atoms with Crippen LogP contribution in [0, 0.1) is 5.82 Å². The van der Waals surface area contributed by atoms with Gasteiger partial charge in [-0.2, -0.15) is 0 Å². The summed E-state index contributed by atoms with van der Waals surface area (Å²) in [6.45, 7) is 0. The first kappa shape index (κ1) is 7.78. The van der Waals surface area contributed by atoms with E-state index < -0.39 is 0 Å². The van der Waals surface area contributed by atoms with Crippen LogP contribution in [0.4, 0.5) is 4.39 Å². The Hall–Kier alpha value is -0.850. The SMILES string of the molecule is Fc1cccc2c1CCCCC2. The molecule has 2 rings (SSSR count). The predicted molar refractivity (Wildman–Crippen MR) is 47.7 cm³/mol. The molecule has 1 aliphatic rings. The number of benzene rings is 1. The average Bonchev–Trinajstić information content (AvgIpc) is 2.30. The highest BCUT2D eigenvalue weighted by Crippen LogP contribution is 2.22. The molecule has 0 saturated carbocycles. The molecule has 1 heteroatoms. The van der Waals surface area contributed by atoms with Crippen molar-refractivity contribution in [2.75, 3.05) is 0 Å².